The van der Waals surface area contributed by atoms with Gasteiger partial charge in [-0.3, -0.25) is 0 Å². The van der Waals surface area contributed by atoms with Crippen molar-refractivity contribution in [2.24, 2.45) is 0 Å². The molecule has 6 rings (SSSR count). The second-order valence-corrected chi connectivity index (χ2v) is 14.0. The number of hydrogen-bond donors (Lipinski definition) is 0. The van der Waals surface area contributed by atoms with Crippen LogP contribution in [0, 0.1) is 18.8 Å². The van der Waals surface area contributed by atoms with E-state index in [-0.39, 0.29) is 26.6 Å². The fourth-order valence-corrected chi connectivity index (χ4v) is 5.80. The molecule has 0 saturated heterocycles. The summed E-state index contributed by atoms with van der Waals surface area (Å²) in [7, 11) is 0. The van der Waals surface area contributed by atoms with Crippen molar-refractivity contribution in [2.75, 3.05) is 4.90 Å². The Bertz CT molecular complexity index is 1870. The fraction of sp³-hybridized carbons (Fsp3) is 0.325. The minimum absolute atomic E-state index is 0. The Balaban J connectivity index is 0.00000433. The van der Waals surface area contributed by atoms with Crippen LogP contribution in [0.3, 0.4) is 0 Å². The molecule has 0 bridgehead atoms. The third-order valence-corrected chi connectivity index (χ3v) is 8.50. The van der Waals surface area contributed by atoms with Gasteiger partial charge in [0.2, 0.25) is 0 Å². The van der Waals surface area contributed by atoms with E-state index >= 15 is 0 Å². The zero-order valence-corrected chi connectivity index (χ0v) is 31.0. The van der Waals surface area contributed by atoms with Gasteiger partial charge in [0, 0.05) is 50.5 Å². The molecule has 0 N–H and O–H groups in total. The number of ether oxygens (including phenoxy) is 1. The fourth-order valence-electron chi connectivity index (χ4n) is 5.80. The van der Waals surface area contributed by atoms with Crippen molar-refractivity contribution < 1.29 is 25.8 Å². The van der Waals surface area contributed by atoms with E-state index in [0.717, 1.165) is 28.0 Å². The van der Waals surface area contributed by atoms with E-state index in [2.05, 4.69) is 116 Å². The summed E-state index contributed by atoms with van der Waals surface area (Å²) < 4.78 is 8.15. The summed E-state index contributed by atoms with van der Waals surface area (Å²) >= 11 is 0. The van der Waals surface area contributed by atoms with E-state index in [1.165, 1.54) is 22.3 Å². The van der Waals surface area contributed by atoms with E-state index in [0.29, 0.717) is 29.3 Å². The van der Waals surface area contributed by atoms with Gasteiger partial charge in [0.25, 0.3) is 0 Å². The van der Waals surface area contributed by atoms with E-state index in [9.17, 15) is 0 Å². The first kappa shape index (κ1) is 34.4. The topological polar surface area (TPSA) is 46.4 Å². The maximum absolute atomic E-state index is 6.30. The van der Waals surface area contributed by atoms with Crippen LogP contribution in [-0.4, -0.2) is 25.2 Å². The first-order valence-corrected chi connectivity index (χ1v) is 16.2. The summed E-state index contributed by atoms with van der Waals surface area (Å²) in [6, 6.07) is 25.7. The number of nitrogens with zero attached hydrogens (tertiary/aromatic N) is 5. The summed E-state index contributed by atoms with van der Waals surface area (Å²) in [5.41, 5.74) is 8.26. The molecule has 0 saturated carbocycles. The summed E-state index contributed by atoms with van der Waals surface area (Å²) in [5, 5.41) is 5.69. The van der Waals surface area contributed by atoms with Gasteiger partial charge in [-0.2, -0.15) is 23.9 Å². The molecule has 1 aliphatic rings. The standard InChI is InChI=1S/C40H44N5O.Pt/c1-26(2)31-19-35(27(3)4)39(36(20-31)28(5)6)29-15-16-41-38(21-29)45-37-23-34(14-13-30(37)24-42-45)46-33-12-10-11-32(22-33)43-17-18-44(25-43)40(7,8)9;/h10-21,24-28H,1-9H3;/q-3;. The first-order chi connectivity index (χ1) is 21.9. The van der Waals surface area contributed by atoms with Gasteiger partial charge in [-0.25, -0.2) is 9.67 Å². The number of benzene rings is 3. The van der Waals surface area contributed by atoms with Crippen molar-refractivity contribution in [2.45, 2.75) is 85.6 Å². The van der Waals surface area contributed by atoms with E-state index < -0.39 is 0 Å². The quantitative estimate of drug-likeness (QED) is 0.146. The molecule has 7 heteroatoms. The van der Waals surface area contributed by atoms with Crippen LogP contribution in [0.1, 0.15) is 96.8 Å². The molecular formula is C40H44N5OPt-3. The number of fused-ring (bicyclic) bond motifs is 1. The maximum Gasteiger partial charge on any atom is 0.152 e. The number of rotatable bonds is 8. The predicted molar refractivity (Wildman–Crippen MR) is 188 cm³/mol. The largest absolute Gasteiger partial charge is 0.509 e. The Labute approximate surface area is 294 Å². The molecule has 1 aliphatic heterocycles. The molecule has 0 amide bonds. The third-order valence-electron chi connectivity index (χ3n) is 8.50. The molecule has 0 aliphatic carbocycles. The number of pyridine rings is 1. The summed E-state index contributed by atoms with van der Waals surface area (Å²) in [6.07, 6.45) is 7.84. The molecule has 0 radical (unpaired) electrons. The van der Waals surface area contributed by atoms with Gasteiger partial charge in [-0.1, -0.05) is 59.1 Å². The van der Waals surface area contributed by atoms with Crippen LogP contribution in [-0.2, 0) is 21.1 Å². The van der Waals surface area contributed by atoms with E-state index in [1.54, 1.807) is 0 Å². The minimum Gasteiger partial charge on any atom is -0.509 e. The summed E-state index contributed by atoms with van der Waals surface area (Å²) in [4.78, 5) is 8.98. The van der Waals surface area contributed by atoms with Crippen molar-refractivity contribution >= 4 is 16.6 Å². The van der Waals surface area contributed by atoms with Crippen LogP contribution < -0.4 is 9.64 Å². The molecule has 0 fully saturated rings. The van der Waals surface area contributed by atoms with Gasteiger partial charge in [-0.05, 0) is 96.4 Å². The second kappa shape index (κ2) is 13.7. The Morgan fingerprint density at radius 2 is 1.51 bits per heavy atom. The van der Waals surface area contributed by atoms with Crippen molar-refractivity contribution in [3.05, 3.63) is 115 Å². The molecule has 2 aromatic heterocycles. The van der Waals surface area contributed by atoms with Crippen LogP contribution >= 0.6 is 0 Å². The molecule has 0 spiro atoms. The average Bonchev–Trinajstić information content (AvgIpc) is 3.69. The van der Waals surface area contributed by atoms with E-state index in [4.69, 9.17) is 14.8 Å². The molecule has 6 nitrogen and oxygen atoms in total. The van der Waals surface area contributed by atoms with Crippen molar-refractivity contribution in [1.82, 2.24) is 19.7 Å². The molecule has 248 valence electrons. The number of anilines is 1. The predicted octanol–water partition coefficient (Wildman–Crippen LogP) is 10.4. The molecule has 47 heavy (non-hydrogen) atoms. The Morgan fingerprint density at radius 3 is 2.15 bits per heavy atom. The van der Waals surface area contributed by atoms with Crippen LogP contribution in [0.25, 0.3) is 27.8 Å². The molecular weight excluding hydrogens is 762 g/mol. The monoisotopic (exact) mass is 805 g/mol. The van der Waals surface area contributed by atoms with Crippen LogP contribution in [0.15, 0.2) is 79.4 Å². The van der Waals surface area contributed by atoms with Gasteiger partial charge in [-0.15, -0.1) is 36.0 Å². The van der Waals surface area contributed by atoms with Crippen molar-refractivity contribution in [1.29, 1.82) is 0 Å². The van der Waals surface area contributed by atoms with E-state index in [1.807, 2.05) is 58.5 Å². The summed E-state index contributed by atoms with van der Waals surface area (Å²) in [5.74, 6) is 3.18. The number of hydrogen-bond acceptors (Lipinski definition) is 5. The Morgan fingerprint density at radius 1 is 0.809 bits per heavy atom. The zero-order valence-electron chi connectivity index (χ0n) is 28.8. The van der Waals surface area contributed by atoms with Gasteiger partial charge < -0.3 is 14.5 Å². The second-order valence-electron chi connectivity index (χ2n) is 14.0. The average molecular weight is 806 g/mol. The zero-order chi connectivity index (χ0) is 32.7. The van der Waals surface area contributed by atoms with Crippen molar-refractivity contribution in [3.63, 3.8) is 0 Å². The van der Waals surface area contributed by atoms with Gasteiger partial charge in [0.05, 0.1) is 0 Å². The van der Waals surface area contributed by atoms with Crippen LogP contribution in [0.5, 0.6) is 11.5 Å². The van der Waals surface area contributed by atoms with Gasteiger partial charge in [0.1, 0.15) is 0 Å². The molecule has 5 aromatic rings. The van der Waals surface area contributed by atoms with Gasteiger partial charge in [0.15, 0.2) is 5.82 Å². The normalized spacial score (nSPS) is 13.4. The SMILES string of the molecule is CC(C)c1cc(C(C)C)c(-c2ccnc(-n3ncc4ccc(Oc5[c-]c(N6C=CN(C(C)(C)C)[CH-]6)ccc5)[c-]c43)c2)c(C(C)C)c1.[Pt]. The molecule has 3 heterocycles. The van der Waals surface area contributed by atoms with Gasteiger partial charge >= 0.3 is 0 Å². The smallest absolute Gasteiger partial charge is 0.152 e. The first-order valence-electron chi connectivity index (χ1n) is 16.2. The maximum atomic E-state index is 6.30. The number of aromatic nitrogens is 3. The molecule has 0 atom stereocenters. The van der Waals surface area contributed by atoms with Crippen LogP contribution in [0.4, 0.5) is 5.69 Å². The summed E-state index contributed by atoms with van der Waals surface area (Å²) in [6.45, 7) is 22.3. The Kier molecular flexibility index (Phi) is 10.0. The Hall–Kier alpha value is -3.89. The molecule has 0 unspecified atom stereocenters. The molecule has 3 aromatic carbocycles. The van der Waals surface area contributed by atoms with Crippen LogP contribution in [0.2, 0.25) is 0 Å². The third kappa shape index (κ3) is 7.18. The minimum atomic E-state index is -0.00707. The van der Waals surface area contributed by atoms with Crippen molar-refractivity contribution in [3.8, 4) is 28.4 Å².